The van der Waals surface area contributed by atoms with Crippen molar-refractivity contribution in [3.63, 3.8) is 0 Å². The van der Waals surface area contributed by atoms with E-state index in [1.54, 1.807) is 20.2 Å². The average molecular weight is 335 g/mol. The van der Waals surface area contributed by atoms with E-state index in [0.717, 1.165) is 5.56 Å². The molecule has 0 aliphatic rings. The summed E-state index contributed by atoms with van der Waals surface area (Å²) in [7, 11) is -0.468. The molecule has 0 aromatic heterocycles. The highest BCUT2D eigenvalue weighted by Gasteiger charge is 2.17. The minimum absolute atomic E-state index is 0.0849. The van der Waals surface area contributed by atoms with Crippen LogP contribution in [0, 0.1) is 0 Å². The molecule has 1 unspecified atom stereocenters. The summed E-state index contributed by atoms with van der Waals surface area (Å²) in [6.45, 7) is 0. The van der Waals surface area contributed by atoms with Gasteiger partial charge in [0.15, 0.2) is 0 Å². The third-order valence-electron chi connectivity index (χ3n) is 3.33. The van der Waals surface area contributed by atoms with E-state index in [9.17, 15) is 13.5 Å². The fourth-order valence-corrected chi connectivity index (χ4v) is 3.34. The minimum Gasteiger partial charge on any atom is -0.398 e. The number of rotatable bonds is 6. The van der Waals surface area contributed by atoms with Gasteiger partial charge in [-0.3, -0.25) is 0 Å². The lowest BCUT2D eigenvalue weighted by Gasteiger charge is -2.15. The number of benzene rings is 2. The summed E-state index contributed by atoms with van der Waals surface area (Å²) in [6, 6.07) is 13.8. The SMILES string of the molecule is CN(C)NS(=O)(=O)c1ccc(CC(O)c2ccccc2)c(N)c1. The molecule has 0 saturated carbocycles. The van der Waals surface area contributed by atoms with Gasteiger partial charge in [-0.15, -0.1) is 4.83 Å². The van der Waals surface area contributed by atoms with Gasteiger partial charge >= 0.3 is 0 Å². The fraction of sp³-hybridized carbons (Fsp3) is 0.250. The molecule has 0 aliphatic heterocycles. The van der Waals surface area contributed by atoms with Crippen molar-refractivity contribution >= 4 is 15.7 Å². The Kier molecular flexibility index (Phi) is 5.38. The van der Waals surface area contributed by atoms with E-state index in [1.807, 2.05) is 30.3 Å². The van der Waals surface area contributed by atoms with Crippen LogP contribution in [0.15, 0.2) is 53.4 Å². The summed E-state index contributed by atoms with van der Waals surface area (Å²) in [6.07, 6.45) is -0.377. The quantitative estimate of drug-likeness (QED) is 0.546. The maximum Gasteiger partial charge on any atom is 0.253 e. The normalized spacial score (nSPS) is 13.2. The van der Waals surface area contributed by atoms with Gasteiger partial charge in [-0.2, -0.15) is 0 Å². The number of nitrogens with zero attached hydrogens (tertiary/aromatic N) is 1. The molecule has 0 fully saturated rings. The van der Waals surface area contributed by atoms with Crippen molar-refractivity contribution in [2.45, 2.75) is 17.4 Å². The molecule has 124 valence electrons. The Bertz CT molecular complexity index is 761. The van der Waals surface area contributed by atoms with E-state index in [2.05, 4.69) is 4.83 Å². The molecule has 0 heterocycles. The van der Waals surface area contributed by atoms with Gasteiger partial charge in [0.1, 0.15) is 0 Å². The summed E-state index contributed by atoms with van der Waals surface area (Å²) in [5, 5.41) is 11.6. The Morgan fingerprint density at radius 2 is 1.83 bits per heavy atom. The first-order chi connectivity index (χ1) is 10.8. The molecule has 0 spiro atoms. The van der Waals surface area contributed by atoms with Crippen LogP contribution in [-0.4, -0.2) is 32.6 Å². The van der Waals surface area contributed by atoms with Gasteiger partial charge in [0.05, 0.1) is 11.0 Å². The van der Waals surface area contributed by atoms with Crippen LogP contribution in [0.25, 0.3) is 0 Å². The Labute approximate surface area is 136 Å². The molecular formula is C16H21N3O3S. The fourth-order valence-electron chi connectivity index (χ4n) is 2.22. The summed E-state index contributed by atoms with van der Waals surface area (Å²) in [5.74, 6) is 0. The molecule has 0 amide bonds. The van der Waals surface area contributed by atoms with Crippen LogP contribution in [0.1, 0.15) is 17.2 Å². The average Bonchev–Trinajstić information content (AvgIpc) is 2.48. The summed E-state index contributed by atoms with van der Waals surface area (Å²) in [4.78, 5) is 2.43. The molecule has 1 atom stereocenters. The second-order valence-electron chi connectivity index (χ2n) is 5.48. The predicted octanol–water partition coefficient (Wildman–Crippen LogP) is 1.30. The number of nitrogen functional groups attached to an aromatic ring is 1. The molecule has 7 heteroatoms. The van der Waals surface area contributed by atoms with Gasteiger partial charge in [0, 0.05) is 26.2 Å². The highest BCUT2D eigenvalue weighted by Crippen LogP contribution is 2.24. The van der Waals surface area contributed by atoms with Crippen molar-refractivity contribution in [3.05, 3.63) is 59.7 Å². The molecule has 2 rings (SSSR count). The lowest BCUT2D eigenvalue weighted by atomic mass is 10.0. The van der Waals surface area contributed by atoms with E-state index in [-0.39, 0.29) is 4.90 Å². The first kappa shape index (κ1) is 17.4. The van der Waals surface area contributed by atoms with Crippen LogP contribution in [0.5, 0.6) is 0 Å². The lowest BCUT2D eigenvalue weighted by Crippen LogP contribution is -2.36. The third kappa shape index (κ3) is 4.52. The Morgan fingerprint density at radius 3 is 2.39 bits per heavy atom. The minimum atomic E-state index is -3.65. The van der Waals surface area contributed by atoms with Crippen LogP contribution in [0.2, 0.25) is 0 Å². The van der Waals surface area contributed by atoms with E-state index >= 15 is 0 Å². The van der Waals surface area contributed by atoms with Gasteiger partial charge in [-0.05, 0) is 23.3 Å². The first-order valence-electron chi connectivity index (χ1n) is 7.11. The van der Waals surface area contributed by atoms with Crippen LogP contribution in [0.3, 0.4) is 0 Å². The van der Waals surface area contributed by atoms with Crippen LogP contribution < -0.4 is 10.6 Å². The zero-order valence-corrected chi connectivity index (χ0v) is 13.9. The molecule has 6 nitrogen and oxygen atoms in total. The van der Waals surface area contributed by atoms with Gasteiger partial charge in [0.25, 0.3) is 10.0 Å². The topological polar surface area (TPSA) is 95.7 Å². The highest BCUT2D eigenvalue weighted by molar-refractivity contribution is 7.89. The molecule has 23 heavy (non-hydrogen) atoms. The highest BCUT2D eigenvalue weighted by atomic mass is 32.2. The molecule has 0 saturated heterocycles. The van der Waals surface area contributed by atoms with Gasteiger partial charge < -0.3 is 10.8 Å². The van der Waals surface area contributed by atoms with Crippen molar-refractivity contribution in [1.82, 2.24) is 9.84 Å². The molecule has 2 aromatic carbocycles. The number of nitrogens with two attached hydrogens (primary N) is 1. The van der Waals surface area contributed by atoms with Gasteiger partial charge in [-0.1, -0.05) is 36.4 Å². The van der Waals surface area contributed by atoms with Gasteiger partial charge in [-0.25, -0.2) is 13.4 Å². The second-order valence-corrected chi connectivity index (χ2v) is 7.14. The number of sulfonamides is 1. The molecule has 2 aromatic rings. The van der Waals surface area contributed by atoms with Crippen LogP contribution in [0.4, 0.5) is 5.69 Å². The molecule has 0 bridgehead atoms. The summed E-state index contributed by atoms with van der Waals surface area (Å²) < 4.78 is 24.2. The van der Waals surface area contributed by atoms with Gasteiger partial charge in [0.2, 0.25) is 0 Å². The Morgan fingerprint density at radius 1 is 1.17 bits per heavy atom. The van der Waals surface area contributed by atoms with Crippen molar-refractivity contribution in [2.24, 2.45) is 0 Å². The number of hydrazine groups is 1. The summed E-state index contributed by atoms with van der Waals surface area (Å²) >= 11 is 0. The Balaban J connectivity index is 2.20. The van der Waals surface area contributed by atoms with Crippen LogP contribution in [-0.2, 0) is 16.4 Å². The number of aliphatic hydroxyl groups excluding tert-OH is 1. The van der Waals surface area contributed by atoms with Crippen molar-refractivity contribution in [3.8, 4) is 0 Å². The monoisotopic (exact) mass is 335 g/mol. The Hall–Kier alpha value is -1.93. The second kappa shape index (κ2) is 7.10. The molecular weight excluding hydrogens is 314 g/mol. The number of hydrogen-bond donors (Lipinski definition) is 3. The standard InChI is InChI=1S/C16H21N3O3S/c1-19(2)18-23(21,22)14-9-8-13(15(17)11-14)10-16(20)12-6-4-3-5-7-12/h3-9,11,16,18,20H,10,17H2,1-2H3. The maximum atomic E-state index is 12.1. The van der Waals surface area contributed by atoms with E-state index in [0.29, 0.717) is 17.7 Å². The van der Waals surface area contributed by atoms with E-state index in [4.69, 9.17) is 5.73 Å². The third-order valence-corrected chi connectivity index (χ3v) is 4.81. The van der Waals surface area contributed by atoms with E-state index < -0.39 is 16.1 Å². The number of anilines is 1. The smallest absolute Gasteiger partial charge is 0.253 e. The molecule has 0 aliphatic carbocycles. The van der Waals surface area contributed by atoms with Crippen LogP contribution >= 0.6 is 0 Å². The van der Waals surface area contributed by atoms with E-state index in [1.165, 1.54) is 17.1 Å². The largest absolute Gasteiger partial charge is 0.398 e. The number of aliphatic hydroxyl groups is 1. The first-order valence-corrected chi connectivity index (χ1v) is 8.59. The predicted molar refractivity (Wildman–Crippen MR) is 90.0 cm³/mol. The maximum absolute atomic E-state index is 12.1. The van der Waals surface area contributed by atoms with Crippen molar-refractivity contribution in [1.29, 1.82) is 0 Å². The van der Waals surface area contributed by atoms with Crippen molar-refractivity contribution in [2.75, 3.05) is 19.8 Å². The molecule has 0 radical (unpaired) electrons. The number of nitrogens with one attached hydrogen (secondary N) is 1. The zero-order chi connectivity index (χ0) is 17.0. The number of hydrogen-bond acceptors (Lipinski definition) is 5. The lowest BCUT2D eigenvalue weighted by molar-refractivity contribution is 0.178. The molecule has 4 N–H and O–H groups in total. The van der Waals surface area contributed by atoms with Crippen molar-refractivity contribution < 1.29 is 13.5 Å². The zero-order valence-electron chi connectivity index (χ0n) is 13.1. The summed E-state index contributed by atoms with van der Waals surface area (Å²) in [5.41, 5.74) is 7.78.